The molecule has 1 N–H and O–H groups in total. The topological polar surface area (TPSA) is 35.6 Å². The van der Waals surface area contributed by atoms with Gasteiger partial charge in [0.15, 0.2) is 0 Å². The molecule has 2 unspecified atom stereocenters. The molecule has 4 heteroatoms. The lowest BCUT2D eigenvalue weighted by Crippen LogP contribution is -2.48. The Morgan fingerprint density at radius 2 is 2.10 bits per heavy atom. The van der Waals surface area contributed by atoms with E-state index in [1.54, 1.807) is 0 Å². The van der Waals surface area contributed by atoms with Gasteiger partial charge in [0.1, 0.15) is 6.04 Å². The summed E-state index contributed by atoms with van der Waals surface area (Å²) in [5, 5.41) is 3.38. The van der Waals surface area contributed by atoms with E-state index in [1.807, 2.05) is 12.1 Å². The Morgan fingerprint density at radius 3 is 2.90 bits per heavy atom. The van der Waals surface area contributed by atoms with Crippen LogP contribution in [0.2, 0.25) is 0 Å². The molecule has 20 heavy (non-hydrogen) atoms. The van der Waals surface area contributed by atoms with Gasteiger partial charge in [0.2, 0.25) is 5.91 Å². The second kappa shape index (κ2) is 5.44. The summed E-state index contributed by atoms with van der Waals surface area (Å²) < 4.78 is 0. The number of carbonyl (C=O) groups excluding carboxylic acids is 1. The third kappa shape index (κ3) is 2.52. The van der Waals surface area contributed by atoms with Crippen molar-refractivity contribution < 1.29 is 4.79 Å². The van der Waals surface area contributed by atoms with E-state index in [4.69, 9.17) is 0 Å². The van der Waals surface area contributed by atoms with E-state index >= 15 is 0 Å². The average Bonchev–Trinajstić information content (AvgIpc) is 2.79. The van der Waals surface area contributed by atoms with Crippen LogP contribution in [-0.4, -0.2) is 54.5 Å². The predicted molar refractivity (Wildman–Crippen MR) is 80.8 cm³/mol. The minimum Gasteiger partial charge on any atom is -0.373 e. The number of likely N-dealkylation sites (N-methyl/N-ethyl adjacent to an activating group) is 1. The van der Waals surface area contributed by atoms with Crippen LogP contribution in [0.4, 0.5) is 5.69 Å². The van der Waals surface area contributed by atoms with Crippen LogP contribution in [0.25, 0.3) is 0 Å². The molecule has 2 atom stereocenters. The van der Waals surface area contributed by atoms with E-state index < -0.39 is 0 Å². The molecule has 1 aromatic carbocycles. The first-order chi connectivity index (χ1) is 9.65. The van der Waals surface area contributed by atoms with E-state index in [1.165, 1.54) is 5.56 Å². The van der Waals surface area contributed by atoms with Gasteiger partial charge in [-0.15, -0.1) is 0 Å². The van der Waals surface area contributed by atoms with Crippen molar-refractivity contribution in [2.75, 3.05) is 32.0 Å². The van der Waals surface area contributed by atoms with Crippen LogP contribution in [0.5, 0.6) is 0 Å². The highest BCUT2D eigenvalue weighted by Gasteiger charge is 2.33. The van der Waals surface area contributed by atoms with Crippen molar-refractivity contribution in [1.29, 1.82) is 0 Å². The Labute approximate surface area is 120 Å². The minimum atomic E-state index is -0.0849. The fraction of sp³-hybridized carbons (Fsp3) is 0.562. The fourth-order valence-corrected chi connectivity index (χ4v) is 3.35. The zero-order valence-corrected chi connectivity index (χ0v) is 12.3. The quantitative estimate of drug-likeness (QED) is 0.844. The van der Waals surface area contributed by atoms with Crippen LogP contribution in [0.3, 0.4) is 0 Å². The lowest BCUT2D eigenvalue weighted by molar-refractivity contribution is -0.133. The van der Waals surface area contributed by atoms with Crippen LogP contribution in [0, 0.1) is 0 Å². The largest absolute Gasteiger partial charge is 0.373 e. The first-order valence-corrected chi connectivity index (χ1v) is 7.48. The highest BCUT2D eigenvalue weighted by Crippen LogP contribution is 2.26. The number of benzene rings is 1. The molecule has 2 heterocycles. The second-order valence-electron chi connectivity index (χ2n) is 6.05. The number of anilines is 1. The molecule has 0 aliphatic carbocycles. The summed E-state index contributed by atoms with van der Waals surface area (Å²) in [7, 11) is 2.13. The molecule has 0 saturated carbocycles. The molecule has 0 spiro atoms. The van der Waals surface area contributed by atoms with Crippen LogP contribution in [-0.2, 0) is 11.2 Å². The van der Waals surface area contributed by atoms with Gasteiger partial charge in [0, 0.05) is 31.2 Å². The molecule has 1 fully saturated rings. The van der Waals surface area contributed by atoms with Gasteiger partial charge in [-0.1, -0.05) is 18.2 Å². The number of carbonyl (C=O) groups is 1. The van der Waals surface area contributed by atoms with Crippen molar-refractivity contribution >= 4 is 11.6 Å². The van der Waals surface area contributed by atoms with E-state index in [-0.39, 0.29) is 11.9 Å². The second-order valence-corrected chi connectivity index (χ2v) is 6.05. The highest BCUT2D eigenvalue weighted by molar-refractivity contribution is 5.87. The number of amides is 1. The monoisotopic (exact) mass is 273 g/mol. The zero-order valence-electron chi connectivity index (χ0n) is 12.3. The van der Waals surface area contributed by atoms with Crippen molar-refractivity contribution in [3.05, 3.63) is 29.8 Å². The summed E-state index contributed by atoms with van der Waals surface area (Å²) in [5.74, 6) is 0.254. The fourth-order valence-electron chi connectivity index (χ4n) is 3.35. The van der Waals surface area contributed by atoms with Crippen molar-refractivity contribution in [3.63, 3.8) is 0 Å². The molecule has 1 saturated heterocycles. The number of rotatable bonds is 1. The Bertz CT molecular complexity index is 477. The van der Waals surface area contributed by atoms with Gasteiger partial charge >= 0.3 is 0 Å². The minimum absolute atomic E-state index is 0.0849. The molecule has 2 aliphatic rings. The third-order valence-corrected chi connectivity index (χ3v) is 4.40. The number of fused-ring (bicyclic) bond motifs is 1. The van der Waals surface area contributed by atoms with Gasteiger partial charge in [0.05, 0.1) is 0 Å². The maximum absolute atomic E-state index is 12.8. The lowest BCUT2D eigenvalue weighted by atomic mass is 10.1. The average molecular weight is 273 g/mol. The molecular formula is C16H23N3O. The normalized spacial score (nSPS) is 26.8. The zero-order chi connectivity index (χ0) is 14.1. The van der Waals surface area contributed by atoms with Crippen molar-refractivity contribution in [1.82, 2.24) is 9.80 Å². The maximum atomic E-state index is 12.8. The molecule has 0 radical (unpaired) electrons. The van der Waals surface area contributed by atoms with Gasteiger partial charge in [-0.2, -0.15) is 0 Å². The SMILES string of the molecule is CC1CN(C)CCCN1C(=O)C1Cc2ccccc2N1. The third-order valence-electron chi connectivity index (χ3n) is 4.40. The number of hydrogen-bond donors (Lipinski definition) is 1. The number of hydrogen-bond acceptors (Lipinski definition) is 3. The predicted octanol–water partition coefficient (Wildman–Crippen LogP) is 1.58. The summed E-state index contributed by atoms with van der Waals surface area (Å²) in [4.78, 5) is 17.2. The molecule has 108 valence electrons. The van der Waals surface area contributed by atoms with E-state index in [0.717, 1.165) is 38.2 Å². The molecule has 0 aromatic heterocycles. The Morgan fingerprint density at radius 1 is 1.30 bits per heavy atom. The standard InChI is InChI=1S/C16H23N3O/c1-12-11-18(2)8-5-9-19(12)16(20)15-10-13-6-3-4-7-14(13)17-15/h3-4,6-7,12,15,17H,5,8-11H2,1-2H3. The summed E-state index contributed by atoms with van der Waals surface area (Å²) in [6.45, 7) is 5.07. The Kier molecular flexibility index (Phi) is 3.66. The molecule has 3 rings (SSSR count). The van der Waals surface area contributed by atoms with E-state index in [2.05, 4.69) is 41.2 Å². The molecule has 4 nitrogen and oxygen atoms in total. The van der Waals surface area contributed by atoms with Crippen LogP contribution in [0.1, 0.15) is 18.9 Å². The summed E-state index contributed by atoms with van der Waals surface area (Å²) >= 11 is 0. The van der Waals surface area contributed by atoms with Gasteiger partial charge in [-0.3, -0.25) is 4.79 Å². The van der Waals surface area contributed by atoms with Crippen molar-refractivity contribution in [2.24, 2.45) is 0 Å². The molecule has 1 aromatic rings. The summed E-state index contributed by atoms with van der Waals surface area (Å²) in [5.41, 5.74) is 2.37. The number of para-hydroxylation sites is 1. The Balaban J connectivity index is 1.71. The molecule has 0 bridgehead atoms. The van der Waals surface area contributed by atoms with E-state index in [9.17, 15) is 4.79 Å². The Hall–Kier alpha value is -1.55. The first-order valence-electron chi connectivity index (χ1n) is 7.48. The maximum Gasteiger partial charge on any atom is 0.245 e. The van der Waals surface area contributed by atoms with Crippen LogP contribution in [0.15, 0.2) is 24.3 Å². The molecule has 2 aliphatic heterocycles. The summed E-state index contributed by atoms with van der Waals surface area (Å²) in [6.07, 6.45) is 1.88. The first kappa shape index (κ1) is 13.4. The highest BCUT2D eigenvalue weighted by atomic mass is 16.2. The lowest BCUT2D eigenvalue weighted by Gasteiger charge is -2.30. The molecular weight excluding hydrogens is 250 g/mol. The van der Waals surface area contributed by atoms with Crippen LogP contribution < -0.4 is 5.32 Å². The van der Waals surface area contributed by atoms with Crippen LogP contribution >= 0.6 is 0 Å². The summed E-state index contributed by atoms with van der Waals surface area (Å²) in [6, 6.07) is 8.43. The smallest absolute Gasteiger partial charge is 0.245 e. The van der Waals surface area contributed by atoms with E-state index in [0.29, 0.717) is 6.04 Å². The van der Waals surface area contributed by atoms with Gasteiger partial charge in [-0.05, 0) is 38.6 Å². The number of nitrogens with zero attached hydrogens (tertiary/aromatic N) is 2. The van der Waals surface area contributed by atoms with Gasteiger partial charge in [-0.25, -0.2) is 0 Å². The van der Waals surface area contributed by atoms with Gasteiger partial charge < -0.3 is 15.1 Å². The molecule has 1 amide bonds. The number of nitrogens with one attached hydrogen (secondary N) is 1. The van der Waals surface area contributed by atoms with Crippen molar-refractivity contribution in [2.45, 2.75) is 31.8 Å². The van der Waals surface area contributed by atoms with Crippen molar-refractivity contribution in [3.8, 4) is 0 Å². The van der Waals surface area contributed by atoms with Gasteiger partial charge in [0.25, 0.3) is 0 Å².